The maximum absolute atomic E-state index is 12.9. The molecular formula is C21H18N4O3S. The summed E-state index contributed by atoms with van der Waals surface area (Å²) in [7, 11) is 0. The average Bonchev–Trinajstić information content (AvgIpc) is 3.29. The number of imide groups is 1. The molecule has 4 amide bonds. The highest BCUT2D eigenvalue weighted by atomic mass is 32.1. The van der Waals surface area contributed by atoms with E-state index in [0.717, 1.165) is 11.1 Å². The van der Waals surface area contributed by atoms with Gasteiger partial charge in [0.25, 0.3) is 11.8 Å². The Balaban J connectivity index is 1.52. The Bertz CT molecular complexity index is 1090. The van der Waals surface area contributed by atoms with E-state index < -0.39 is 23.4 Å². The standard InChI is InChI=1S/C21H18N4O3S/c1-13-8-10-14(11-9-13)18-22-16(12-29-18)17(26)24-25-19(27)21(2,23-20(25)28)15-6-4-3-5-7-15/h3-12H,1-2H3,(H,23,28)(H,24,26). The summed E-state index contributed by atoms with van der Waals surface area (Å²) in [6.45, 7) is 3.60. The maximum Gasteiger partial charge on any atom is 0.344 e. The molecule has 8 heteroatoms. The van der Waals surface area contributed by atoms with Crippen molar-refractivity contribution in [1.82, 2.24) is 20.7 Å². The third-order valence-corrected chi connectivity index (χ3v) is 5.68. The van der Waals surface area contributed by atoms with Gasteiger partial charge in [0, 0.05) is 10.9 Å². The predicted molar refractivity (Wildman–Crippen MR) is 109 cm³/mol. The Labute approximate surface area is 171 Å². The summed E-state index contributed by atoms with van der Waals surface area (Å²) in [6, 6.07) is 16.0. The molecule has 1 saturated heterocycles. The van der Waals surface area contributed by atoms with Gasteiger partial charge in [0.2, 0.25) is 0 Å². The number of hydrazine groups is 1. The molecule has 2 N–H and O–H groups in total. The first-order chi connectivity index (χ1) is 13.9. The van der Waals surface area contributed by atoms with Crippen molar-refractivity contribution in [1.29, 1.82) is 0 Å². The molecule has 1 aromatic heterocycles. The van der Waals surface area contributed by atoms with Gasteiger partial charge < -0.3 is 5.32 Å². The number of aryl methyl sites for hydroxylation is 1. The first kappa shape index (κ1) is 18.8. The molecule has 0 radical (unpaired) electrons. The van der Waals surface area contributed by atoms with Crippen LogP contribution in [0.5, 0.6) is 0 Å². The summed E-state index contributed by atoms with van der Waals surface area (Å²) in [5, 5.41) is 5.63. The Morgan fingerprint density at radius 2 is 1.79 bits per heavy atom. The lowest BCUT2D eigenvalue weighted by molar-refractivity contribution is -0.132. The lowest BCUT2D eigenvalue weighted by Crippen LogP contribution is -2.48. The van der Waals surface area contributed by atoms with Gasteiger partial charge in [0.05, 0.1) is 0 Å². The molecule has 4 rings (SSSR count). The van der Waals surface area contributed by atoms with E-state index in [1.54, 1.807) is 36.6 Å². The molecule has 1 aliphatic rings. The van der Waals surface area contributed by atoms with Crippen LogP contribution in [-0.2, 0) is 10.3 Å². The predicted octanol–water partition coefficient (Wildman–Crippen LogP) is 3.23. The van der Waals surface area contributed by atoms with Crippen LogP contribution in [0, 0.1) is 6.92 Å². The Morgan fingerprint density at radius 3 is 2.48 bits per heavy atom. The molecule has 1 aliphatic heterocycles. The molecule has 1 fully saturated rings. The van der Waals surface area contributed by atoms with Gasteiger partial charge in [-0.3, -0.25) is 15.0 Å². The Morgan fingerprint density at radius 1 is 1.10 bits per heavy atom. The number of benzene rings is 2. The quantitative estimate of drug-likeness (QED) is 0.651. The highest BCUT2D eigenvalue weighted by Gasteiger charge is 2.50. The van der Waals surface area contributed by atoms with Crippen LogP contribution in [0.2, 0.25) is 0 Å². The number of nitrogens with zero attached hydrogens (tertiary/aromatic N) is 2. The third-order valence-electron chi connectivity index (χ3n) is 4.79. The van der Waals surface area contributed by atoms with Crippen LogP contribution in [0.4, 0.5) is 4.79 Å². The molecular weight excluding hydrogens is 388 g/mol. The zero-order chi connectivity index (χ0) is 20.6. The van der Waals surface area contributed by atoms with Crippen LogP contribution < -0.4 is 10.7 Å². The van der Waals surface area contributed by atoms with Crippen molar-refractivity contribution < 1.29 is 14.4 Å². The van der Waals surface area contributed by atoms with E-state index in [0.29, 0.717) is 15.6 Å². The highest BCUT2D eigenvalue weighted by molar-refractivity contribution is 7.13. The number of thiazole rings is 1. The molecule has 1 atom stereocenters. The molecule has 0 saturated carbocycles. The largest absolute Gasteiger partial charge is 0.344 e. The second-order valence-corrected chi connectivity index (χ2v) is 7.76. The summed E-state index contributed by atoms with van der Waals surface area (Å²) in [4.78, 5) is 42.2. The van der Waals surface area contributed by atoms with E-state index in [2.05, 4.69) is 15.7 Å². The average molecular weight is 406 g/mol. The van der Waals surface area contributed by atoms with Crippen LogP contribution in [-0.4, -0.2) is 27.8 Å². The minimum Gasteiger partial charge on any atom is -0.318 e. The number of carbonyl (C=O) groups excluding carboxylic acids is 3. The van der Waals surface area contributed by atoms with Crippen LogP contribution in [0.3, 0.4) is 0 Å². The summed E-state index contributed by atoms with van der Waals surface area (Å²) in [6.07, 6.45) is 0. The second kappa shape index (κ2) is 7.14. The van der Waals surface area contributed by atoms with Crippen molar-refractivity contribution in [3.05, 3.63) is 76.8 Å². The van der Waals surface area contributed by atoms with Crippen LogP contribution in [0.25, 0.3) is 10.6 Å². The number of hydrogen-bond donors (Lipinski definition) is 2. The van der Waals surface area contributed by atoms with Crippen LogP contribution in [0.1, 0.15) is 28.5 Å². The maximum atomic E-state index is 12.9. The summed E-state index contributed by atoms with van der Waals surface area (Å²) in [5.41, 5.74) is 3.91. The molecule has 0 aliphatic carbocycles. The number of urea groups is 1. The summed E-state index contributed by atoms with van der Waals surface area (Å²) < 4.78 is 0. The van der Waals surface area contributed by atoms with E-state index in [4.69, 9.17) is 0 Å². The minimum absolute atomic E-state index is 0.138. The van der Waals surface area contributed by atoms with Crippen LogP contribution >= 0.6 is 11.3 Å². The van der Waals surface area contributed by atoms with E-state index in [-0.39, 0.29) is 5.69 Å². The van der Waals surface area contributed by atoms with Crippen molar-refractivity contribution in [2.75, 3.05) is 0 Å². The molecule has 146 valence electrons. The molecule has 0 bridgehead atoms. The molecule has 3 aromatic rings. The first-order valence-corrected chi connectivity index (χ1v) is 9.82. The van der Waals surface area contributed by atoms with Gasteiger partial charge >= 0.3 is 6.03 Å². The first-order valence-electron chi connectivity index (χ1n) is 8.94. The molecule has 29 heavy (non-hydrogen) atoms. The molecule has 7 nitrogen and oxygen atoms in total. The topological polar surface area (TPSA) is 91.4 Å². The molecule has 2 heterocycles. The zero-order valence-electron chi connectivity index (χ0n) is 15.8. The van der Waals surface area contributed by atoms with Gasteiger partial charge in [-0.05, 0) is 19.4 Å². The fourth-order valence-corrected chi connectivity index (χ4v) is 3.88. The number of aromatic nitrogens is 1. The van der Waals surface area contributed by atoms with E-state index >= 15 is 0 Å². The van der Waals surface area contributed by atoms with Gasteiger partial charge in [0.1, 0.15) is 16.2 Å². The van der Waals surface area contributed by atoms with Gasteiger partial charge in [0.15, 0.2) is 0 Å². The smallest absolute Gasteiger partial charge is 0.318 e. The molecule has 2 aromatic carbocycles. The lowest BCUT2D eigenvalue weighted by Gasteiger charge is -2.21. The van der Waals surface area contributed by atoms with Gasteiger partial charge in [-0.1, -0.05) is 60.2 Å². The monoisotopic (exact) mass is 406 g/mol. The van der Waals surface area contributed by atoms with E-state index in [9.17, 15) is 14.4 Å². The minimum atomic E-state index is -1.25. The van der Waals surface area contributed by atoms with E-state index in [1.807, 2.05) is 37.3 Å². The number of carbonyl (C=O) groups is 3. The third kappa shape index (κ3) is 3.38. The van der Waals surface area contributed by atoms with E-state index in [1.165, 1.54) is 11.3 Å². The highest BCUT2D eigenvalue weighted by Crippen LogP contribution is 2.28. The number of nitrogens with one attached hydrogen (secondary N) is 2. The normalized spacial score (nSPS) is 18.6. The Kier molecular flexibility index (Phi) is 4.63. The fourth-order valence-electron chi connectivity index (χ4n) is 3.07. The van der Waals surface area contributed by atoms with Crippen molar-refractivity contribution in [3.63, 3.8) is 0 Å². The van der Waals surface area contributed by atoms with Crippen molar-refractivity contribution in [3.8, 4) is 10.6 Å². The van der Waals surface area contributed by atoms with Crippen LogP contribution in [0.15, 0.2) is 60.0 Å². The Hall–Kier alpha value is -3.52. The molecule has 0 spiro atoms. The fraction of sp³-hybridized carbons (Fsp3) is 0.143. The van der Waals surface area contributed by atoms with Crippen molar-refractivity contribution in [2.24, 2.45) is 0 Å². The van der Waals surface area contributed by atoms with Crippen molar-refractivity contribution in [2.45, 2.75) is 19.4 Å². The number of hydrogen-bond acceptors (Lipinski definition) is 5. The zero-order valence-corrected chi connectivity index (χ0v) is 16.6. The number of amides is 4. The summed E-state index contributed by atoms with van der Waals surface area (Å²) in [5.74, 6) is -1.18. The van der Waals surface area contributed by atoms with Gasteiger partial charge in [-0.2, -0.15) is 5.01 Å². The van der Waals surface area contributed by atoms with Gasteiger partial charge in [-0.25, -0.2) is 9.78 Å². The lowest BCUT2D eigenvalue weighted by atomic mass is 9.92. The summed E-state index contributed by atoms with van der Waals surface area (Å²) >= 11 is 1.32. The number of rotatable bonds is 4. The van der Waals surface area contributed by atoms with Crippen molar-refractivity contribution >= 4 is 29.2 Å². The second-order valence-electron chi connectivity index (χ2n) is 6.91. The van der Waals surface area contributed by atoms with Gasteiger partial charge in [-0.15, -0.1) is 11.3 Å². The molecule has 1 unspecified atom stereocenters. The SMILES string of the molecule is Cc1ccc(-c2nc(C(=O)NN3C(=O)NC(C)(c4ccccc4)C3=O)cs2)cc1.